The fraction of sp³-hybridized carbons (Fsp3) is 0.391. The van der Waals surface area contributed by atoms with Gasteiger partial charge in [0, 0.05) is 29.8 Å². The van der Waals surface area contributed by atoms with Crippen LogP contribution in [0.3, 0.4) is 0 Å². The van der Waals surface area contributed by atoms with E-state index in [9.17, 15) is 4.79 Å². The molecule has 2 atom stereocenters. The van der Waals surface area contributed by atoms with Crippen molar-refractivity contribution in [2.24, 2.45) is 0 Å². The zero-order valence-electron chi connectivity index (χ0n) is 17.6. The second kappa shape index (κ2) is 7.32. The van der Waals surface area contributed by atoms with Gasteiger partial charge in [0.1, 0.15) is 6.54 Å². The quantitative estimate of drug-likeness (QED) is 0.674. The number of anilines is 1. The monoisotopic (exact) mass is 402 g/mol. The molecule has 1 amide bonds. The maximum atomic E-state index is 13.4. The fourth-order valence-corrected chi connectivity index (χ4v) is 4.73. The van der Waals surface area contributed by atoms with Gasteiger partial charge in [-0.15, -0.1) is 10.2 Å². The molecule has 1 aromatic heterocycles. The van der Waals surface area contributed by atoms with Crippen LogP contribution in [0, 0.1) is 13.8 Å². The Kier molecular flexibility index (Phi) is 4.62. The third-order valence-corrected chi connectivity index (χ3v) is 6.26. The first-order valence-electron chi connectivity index (χ1n) is 10.5. The number of hydrogen-bond acceptors (Lipinski definition) is 5. The van der Waals surface area contributed by atoms with Crippen molar-refractivity contribution in [1.82, 2.24) is 25.1 Å². The van der Waals surface area contributed by atoms with Gasteiger partial charge in [0.15, 0.2) is 0 Å². The Hall–Kier alpha value is -3.06. The minimum atomic E-state index is 0.0185. The first-order valence-corrected chi connectivity index (χ1v) is 10.5. The summed E-state index contributed by atoms with van der Waals surface area (Å²) in [6, 6.07) is 14.6. The van der Waals surface area contributed by atoms with Crippen LogP contribution >= 0.6 is 0 Å². The number of fused-ring (bicyclic) bond motifs is 3. The predicted octanol–water partition coefficient (Wildman–Crippen LogP) is 2.79. The number of amides is 1. The van der Waals surface area contributed by atoms with Crippen molar-refractivity contribution in [2.75, 3.05) is 25.0 Å². The van der Waals surface area contributed by atoms with Gasteiger partial charge in [0.25, 0.3) is 5.91 Å². The number of tetrazole rings is 1. The highest BCUT2D eigenvalue weighted by Crippen LogP contribution is 2.45. The fourth-order valence-electron chi connectivity index (χ4n) is 4.73. The Morgan fingerprint density at radius 3 is 2.67 bits per heavy atom. The van der Waals surface area contributed by atoms with E-state index in [-0.39, 0.29) is 18.5 Å². The Morgan fingerprint density at radius 2 is 1.87 bits per heavy atom. The van der Waals surface area contributed by atoms with E-state index >= 15 is 0 Å². The lowest BCUT2D eigenvalue weighted by molar-refractivity contribution is -0.120. The van der Waals surface area contributed by atoms with Crippen LogP contribution in [0.25, 0.3) is 11.4 Å². The summed E-state index contributed by atoms with van der Waals surface area (Å²) in [6.07, 6.45) is 0.972. The summed E-state index contributed by atoms with van der Waals surface area (Å²) in [6.45, 7) is 6.21. The Labute approximate surface area is 176 Å². The molecule has 7 nitrogen and oxygen atoms in total. The van der Waals surface area contributed by atoms with E-state index in [1.807, 2.05) is 36.1 Å². The van der Waals surface area contributed by atoms with Gasteiger partial charge >= 0.3 is 0 Å². The number of hydrogen-bond donors (Lipinski definition) is 0. The lowest BCUT2D eigenvalue weighted by Crippen LogP contribution is -2.48. The van der Waals surface area contributed by atoms with E-state index in [4.69, 9.17) is 0 Å². The molecule has 7 heteroatoms. The van der Waals surface area contributed by atoms with Gasteiger partial charge in [0.05, 0.1) is 0 Å². The van der Waals surface area contributed by atoms with Crippen LogP contribution in [0.5, 0.6) is 0 Å². The van der Waals surface area contributed by atoms with E-state index in [0.717, 1.165) is 30.8 Å². The number of aryl methyl sites for hydroxylation is 2. The summed E-state index contributed by atoms with van der Waals surface area (Å²) in [7, 11) is 2.15. The lowest BCUT2D eigenvalue weighted by Gasteiger charge is -2.36. The molecule has 0 radical (unpaired) electrons. The summed E-state index contributed by atoms with van der Waals surface area (Å²) < 4.78 is 0. The Morgan fingerprint density at radius 1 is 1.10 bits per heavy atom. The molecule has 5 rings (SSSR count). The first kappa shape index (κ1) is 18.9. The second-order valence-corrected chi connectivity index (χ2v) is 8.56. The van der Waals surface area contributed by atoms with Crippen LogP contribution in [0.2, 0.25) is 0 Å². The minimum absolute atomic E-state index is 0.0185. The highest BCUT2D eigenvalue weighted by molar-refractivity contribution is 5.96. The van der Waals surface area contributed by atoms with Crippen molar-refractivity contribution in [2.45, 2.75) is 38.8 Å². The van der Waals surface area contributed by atoms with Crippen molar-refractivity contribution in [3.63, 3.8) is 0 Å². The number of piperidine rings is 1. The number of aromatic nitrogens is 4. The van der Waals surface area contributed by atoms with Crippen LogP contribution in [0.15, 0.2) is 42.5 Å². The molecule has 2 aliphatic rings. The van der Waals surface area contributed by atoms with Gasteiger partial charge in [-0.05, 0) is 50.7 Å². The molecule has 3 heterocycles. The number of likely N-dealkylation sites (N-methyl/N-ethyl adjacent to an activating group) is 1. The molecule has 1 saturated heterocycles. The van der Waals surface area contributed by atoms with Crippen LogP contribution < -0.4 is 4.90 Å². The molecule has 1 fully saturated rings. The average Bonchev–Trinajstić information content (AvgIpc) is 3.31. The molecule has 2 unspecified atom stereocenters. The number of rotatable bonds is 3. The van der Waals surface area contributed by atoms with E-state index in [0.29, 0.717) is 11.7 Å². The second-order valence-electron chi connectivity index (χ2n) is 8.56. The smallest absolute Gasteiger partial charge is 0.250 e. The van der Waals surface area contributed by atoms with Crippen molar-refractivity contribution in [3.05, 3.63) is 59.2 Å². The third-order valence-electron chi connectivity index (χ3n) is 6.26. The molecular formula is C23H26N6O. The number of nitrogens with zero attached hydrogens (tertiary/aromatic N) is 6. The molecule has 154 valence electrons. The SMILES string of the molecule is Cc1ccc(-c2nnn(CC(=O)N3c4ccc(C)cc4C4CN(C)CCC43)n2)cc1. The van der Waals surface area contributed by atoms with Crippen molar-refractivity contribution in [1.29, 1.82) is 0 Å². The Bertz CT molecular complexity index is 1090. The van der Waals surface area contributed by atoms with Crippen LogP contribution in [-0.4, -0.2) is 57.2 Å². The Balaban J connectivity index is 1.40. The summed E-state index contributed by atoms with van der Waals surface area (Å²) in [5.74, 6) is 0.914. The summed E-state index contributed by atoms with van der Waals surface area (Å²) in [4.78, 5) is 19.1. The van der Waals surface area contributed by atoms with Crippen LogP contribution in [-0.2, 0) is 11.3 Å². The van der Waals surface area contributed by atoms with Gasteiger partial charge in [-0.2, -0.15) is 4.80 Å². The van der Waals surface area contributed by atoms with E-state index in [1.165, 1.54) is 21.5 Å². The topological polar surface area (TPSA) is 67.2 Å². The standard InChI is InChI=1S/C23H26N6O/c1-15-4-7-17(8-5-15)23-24-26-28(25-23)14-22(30)29-20-9-6-16(2)12-18(20)19-13-27(3)11-10-21(19)29/h4-9,12,19,21H,10-11,13-14H2,1-3H3. The maximum Gasteiger partial charge on any atom is 0.250 e. The van der Waals surface area contributed by atoms with Crippen molar-refractivity contribution in [3.8, 4) is 11.4 Å². The zero-order chi connectivity index (χ0) is 20.8. The van der Waals surface area contributed by atoms with Crippen molar-refractivity contribution < 1.29 is 4.79 Å². The van der Waals surface area contributed by atoms with Gasteiger partial charge in [-0.25, -0.2) is 0 Å². The predicted molar refractivity (Wildman–Crippen MR) is 115 cm³/mol. The maximum absolute atomic E-state index is 13.4. The van der Waals surface area contributed by atoms with Gasteiger partial charge in [-0.1, -0.05) is 47.5 Å². The minimum Gasteiger partial charge on any atom is -0.307 e. The molecule has 0 aliphatic carbocycles. The summed E-state index contributed by atoms with van der Waals surface area (Å²) >= 11 is 0. The van der Waals surface area contributed by atoms with Crippen LogP contribution in [0.4, 0.5) is 5.69 Å². The van der Waals surface area contributed by atoms with Gasteiger partial charge in [-0.3, -0.25) is 4.79 Å². The average molecular weight is 403 g/mol. The van der Waals surface area contributed by atoms with Gasteiger partial charge < -0.3 is 9.80 Å². The molecule has 3 aromatic rings. The largest absolute Gasteiger partial charge is 0.307 e. The third kappa shape index (κ3) is 3.29. The number of carbonyl (C=O) groups is 1. The molecular weight excluding hydrogens is 376 g/mol. The molecule has 0 bridgehead atoms. The molecule has 0 N–H and O–H groups in total. The van der Waals surface area contributed by atoms with E-state index in [1.54, 1.807) is 0 Å². The molecule has 0 spiro atoms. The highest BCUT2D eigenvalue weighted by Gasteiger charge is 2.43. The molecule has 2 aliphatic heterocycles. The number of carbonyl (C=O) groups excluding carboxylic acids is 1. The first-order chi connectivity index (χ1) is 14.5. The van der Waals surface area contributed by atoms with Crippen molar-refractivity contribution >= 4 is 11.6 Å². The van der Waals surface area contributed by atoms with E-state index in [2.05, 4.69) is 52.5 Å². The van der Waals surface area contributed by atoms with Crippen LogP contribution in [0.1, 0.15) is 29.0 Å². The lowest BCUT2D eigenvalue weighted by atomic mass is 9.89. The number of benzene rings is 2. The molecule has 0 saturated carbocycles. The van der Waals surface area contributed by atoms with E-state index < -0.39 is 0 Å². The summed E-state index contributed by atoms with van der Waals surface area (Å²) in [5.41, 5.74) is 5.63. The molecule has 2 aromatic carbocycles. The summed E-state index contributed by atoms with van der Waals surface area (Å²) in [5, 5.41) is 12.7. The normalized spacial score (nSPS) is 20.8. The molecule has 30 heavy (non-hydrogen) atoms. The highest BCUT2D eigenvalue weighted by atomic mass is 16.2. The number of likely N-dealkylation sites (tertiary alicyclic amines) is 1. The zero-order valence-corrected chi connectivity index (χ0v) is 17.6. The van der Waals surface area contributed by atoms with Gasteiger partial charge in [0.2, 0.25) is 5.82 Å².